The van der Waals surface area contributed by atoms with Crippen LogP contribution in [0, 0.1) is 17.0 Å². The Morgan fingerprint density at radius 2 is 2.00 bits per heavy atom. The maximum atomic E-state index is 12.7. The predicted molar refractivity (Wildman–Crippen MR) is 99.7 cm³/mol. The van der Waals surface area contributed by atoms with Crippen LogP contribution in [0.2, 0.25) is 0 Å². The van der Waals surface area contributed by atoms with Crippen LogP contribution in [0.1, 0.15) is 15.4 Å². The fourth-order valence-electron chi connectivity index (χ4n) is 2.53. The molecule has 3 aromatic rings. The van der Waals surface area contributed by atoms with Gasteiger partial charge in [-0.2, -0.15) is 0 Å². The zero-order chi connectivity index (χ0) is 18.1. The number of hydrogen-bond acceptors (Lipinski definition) is 6. The Balaban J connectivity index is 1.95. The van der Waals surface area contributed by atoms with E-state index in [9.17, 15) is 14.9 Å². The molecule has 0 saturated heterocycles. The number of nitrogens with zero attached hydrogens (tertiary/aromatic N) is 3. The van der Waals surface area contributed by atoms with Gasteiger partial charge in [0, 0.05) is 37.6 Å². The minimum atomic E-state index is -0.512. The predicted octanol–water partition coefficient (Wildman–Crippen LogP) is 3.83. The normalized spacial score (nSPS) is 10.7. The molecule has 0 radical (unpaired) electrons. The summed E-state index contributed by atoms with van der Waals surface area (Å²) in [7, 11) is 3.56. The van der Waals surface area contributed by atoms with Crippen LogP contribution in [-0.4, -0.2) is 29.9 Å². The lowest BCUT2D eigenvalue weighted by atomic mass is 10.1. The van der Waals surface area contributed by atoms with Gasteiger partial charge in [0.05, 0.1) is 25.7 Å². The molecule has 0 fully saturated rings. The lowest BCUT2D eigenvalue weighted by Crippen LogP contribution is -2.18. The van der Waals surface area contributed by atoms with E-state index >= 15 is 0 Å². The van der Waals surface area contributed by atoms with Crippen molar-refractivity contribution in [2.75, 3.05) is 24.3 Å². The lowest BCUT2D eigenvalue weighted by Gasteiger charge is -2.17. The average Bonchev–Trinajstić information content (AvgIpc) is 2.93. The summed E-state index contributed by atoms with van der Waals surface area (Å²) in [6, 6.07) is 9.71. The Morgan fingerprint density at radius 1 is 1.24 bits per heavy atom. The van der Waals surface area contributed by atoms with Crippen molar-refractivity contribution in [1.29, 1.82) is 0 Å². The minimum Gasteiger partial charge on any atom is -0.377 e. The Bertz CT molecular complexity index is 981. The van der Waals surface area contributed by atoms with Gasteiger partial charge < -0.3 is 10.2 Å². The number of rotatable bonds is 4. The smallest absolute Gasteiger partial charge is 0.270 e. The molecule has 1 amide bonds. The van der Waals surface area contributed by atoms with Crippen molar-refractivity contribution in [3.63, 3.8) is 0 Å². The zero-order valence-electron chi connectivity index (χ0n) is 13.9. The number of nitrogens with one attached hydrogen (secondary N) is 1. The number of anilines is 2. The summed E-state index contributed by atoms with van der Waals surface area (Å²) in [5.41, 5.74) is 2.24. The minimum absolute atomic E-state index is 0.121. The van der Waals surface area contributed by atoms with Crippen molar-refractivity contribution in [2.24, 2.45) is 0 Å². The number of non-ortho nitro benzene ring substituents is 1. The number of fused-ring (bicyclic) bond motifs is 1. The molecule has 0 aliphatic rings. The summed E-state index contributed by atoms with van der Waals surface area (Å²) >= 11 is 1.54. The van der Waals surface area contributed by atoms with E-state index < -0.39 is 10.8 Å². The number of nitro benzene ring substituents is 1. The van der Waals surface area contributed by atoms with Crippen LogP contribution in [0.4, 0.5) is 17.1 Å². The molecule has 25 heavy (non-hydrogen) atoms. The Labute approximate surface area is 148 Å². The van der Waals surface area contributed by atoms with E-state index in [4.69, 9.17) is 0 Å². The topological polar surface area (TPSA) is 88.4 Å². The number of carbonyl (C=O) groups excluding carboxylic acids is 1. The first-order valence-electron chi connectivity index (χ1n) is 7.49. The molecular formula is C17H16N4O3S. The maximum Gasteiger partial charge on any atom is 0.270 e. The third-order valence-electron chi connectivity index (χ3n) is 3.67. The number of amides is 1. The van der Waals surface area contributed by atoms with Crippen molar-refractivity contribution in [3.8, 4) is 0 Å². The van der Waals surface area contributed by atoms with Gasteiger partial charge in [0.25, 0.3) is 11.6 Å². The van der Waals surface area contributed by atoms with Crippen molar-refractivity contribution in [2.45, 2.75) is 6.92 Å². The van der Waals surface area contributed by atoms with Crippen molar-refractivity contribution < 1.29 is 9.72 Å². The molecule has 7 nitrogen and oxygen atoms in total. The average molecular weight is 356 g/mol. The molecule has 0 saturated carbocycles. The number of benzene rings is 2. The molecule has 128 valence electrons. The van der Waals surface area contributed by atoms with Gasteiger partial charge in [0.2, 0.25) is 0 Å². The standard InChI is InChI=1S/C17H16N4O3S/c1-10-18-14-6-4-11(8-16(14)25-10)19-17(22)13-9-12(21(23)24)5-7-15(13)20(2)3/h4-9H,1-3H3,(H,19,22). The van der Waals surface area contributed by atoms with Crippen molar-refractivity contribution in [3.05, 3.63) is 57.1 Å². The van der Waals surface area contributed by atoms with Crippen LogP contribution in [0.25, 0.3) is 10.2 Å². The van der Waals surface area contributed by atoms with Gasteiger partial charge in [-0.3, -0.25) is 14.9 Å². The number of hydrogen-bond donors (Lipinski definition) is 1. The van der Waals surface area contributed by atoms with E-state index in [1.54, 1.807) is 42.5 Å². The number of aryl methyl sites for hydroxylation is 1. The first-order chi connectivity index (χ1) is 11.8. The fraction of sp³-hybridized carbons (Fsp3) is 0.176. The van der Waals surface area contributed by atoms with E-state index in [1.807, 2.05) is 19.1 Å². The second-order valence-corrected chi connectivity index (χ2v) is 6.96. The molecule has 0 atom stereocenters. The maximum absolute atomic E-state index is 12.7. The Hall–Kier alpha value is -3.00. The summed E-state index contributed by atoms with van der Waals surface area (Å²) in [6.45, 7) is 1.93. The summed E-state index contributed by atoms with van der Waals surface area (Å²) < 4.78 is 0.974. The molecule has 1 heterocycles. The van der Waals surface area contributed by atoms with Crippen molar-refractivity contribution >= 4 is 44.5 Å². The third-order valence-corrected chi connectivity index (χ3v) is 4.60. The highest BCUT2D eigenvalue weighted by molar-refractivity contribution is 7.18. The summed E-state index contributed by atoms with van der Waals surface area (Å²) in [5, 5.41) is 14.8. The molecule has 1 N–H and O–H groups in total. The van der Waals surface area contributed by atoms with Gasteiger partial charge in [-0.25, -0.2) is 4.98 Å². The molecule has 3 rings (SSSR count). The Morgan fingerprint density at radius 3 is 2.68 bits per heavy atom. The van der Waals surface area contributed by atoms with Gasteiger partial charge in [0.1, 0.15) is 0 Å². The largest absolute Gasteiger partial charge is 0.377 e. The van der Waals surface area contributed by atoms with Crippen molar-refractivity contribution in [1.82, 2.24) is 4.98 Å². The lowest BCUT2D eigenvalue weighted by molar-refractivity contribution is -0.384. The highest BCUT2D eigenvalue weighted by atomic mass is 32.1. The van der Waals surface area contributed by atoms with Crippen LogP contribution in [0.3, 0.4) is 0 Å². The molecule has 2 aromatic carbocycles. The van der Waals surface area contributed by atoms with Gasteiger partial charge in [-0.05, 0) is 31.2 Å². The van der Waals surface area contributed by atoms with E-state index in [2.05, 4.69) is 10.3 Å². The molecular weight excluding hydrogens is 340 g/mol. The van der Waals surface area contributed by atoms with E-state index in [1.165, 1.54) is 12.1 Å². The van der Waals surface area contributed by atoms with Gasteiger partial charge in [-0.1, -0.05) is 0 Å². The number of aromatic nitrogens is 1. The van der Waals surface area contributed by atoms with Crippen LogP contribution in [0.15, 0.2) is 36.4 Å². The quantitative estimate of drug-likeness (QED) is 0.567. The zero-order valence-corrected chi connectivity index (χ0v) is 14.8. The van der Waals surface area contributed by atoms with Gasteiger partial charge >= 0.3 is 0 Å². The second-order valence-electron chi connectivity index (χ2n) is 5.72. The molecule has 8 heteroatoms. The third kappa shape index (κ3) is 3.43. The summed E-state index contributed by atoms with van der Waals surface area (Å²) in [4.78, 5) is 29.3. The molecule has 0 unspecified atom stereocenters. The van der Waals surface area contributed by atoms with E-state index in [-0.39, 0.29) is 11.3 Å². The first-order valence-corrected chi connectivity index (χ1v) is 8.31. The van der Waals surface area contributed by atoms with Gasteiger partial charge in [0.15, 0.2) is 0 Å². The highest BCUT2D eigenvalue weighted by Crippen LogP contribution is 2.27. The summed E-state index contributed by atoms with van der Waals surface area (Å²) in [5.74, 6) is -0.395. The fourth-order valence-corrected chi connectivity index (χ4v) is 3.39. The molecule has 0 aliphatic carbocycles. The van der Waals surface area contributed by atoms with Crippen LogP contribution < -0.4 is 10.2 Å². The molecule has 0 aliphatic heterocycles. The van der Waals surface area contributed by atoms with Crippen LogP contribution >= 0.6 is 11.3 Å². The molecule has 1 aromatic heterocycles. The first kappa shape index (κ1) is 16.8. The monoisotopic (exact) mass is 356 g/mol. The van der Waals surface area contributed by atoms with Gasteiger partial charge in [-0.15, -0.1) is 11.3 Å². The van der Waals surface area contributed by atoms with E-state index in [0.717, 1.165) is 15.2 Å². The van der Waals surface area contributed by atoms with E-state index in [0.29, 0.717) is 11.4 Å². The van der Waals surface area contributed by atoms with Crippen LogP contribution in [0.5, 0.6) is 0 Å². The number of carbonyl (C=O) groups is 1. The SMILES string of the molecule is Cc1nc2ccc(NC(=O)c3cc([N+](=O)[O-])ccc3N(C)C)cc2s1. The number of nitro groups is 1. The highest BCUT2D eigenvalue weighted by Gasteiger charge is 2.18. The second kappa shape index (κ2) is 6.48. The Kier molecular flexibility index (Phi) is 4.37. The summed E-state index contributed by atoms with van der Waals surface area (Å²) in [6.07, 6.45) is 0. The number of thiazole rings is 1. The molecule has 0 spiro atoms. The van der Waals surface area contributed by atoms with Crippen LogP contribution in [-0.2, 0) is 0 Å². The molecule has 0 bridgehead atoms.